The van der Waals surface area contributed by atoms with Gasteiger partial charge in [-0.3, -0.25) is 0 Å². The number of pyridine rings is 1. The van der Waals surface area contributed by atoms with Crippen LogP contribution in [0.15, 0.2) is 23.6 Å². The van der Waals surface area contributed by atoms with Crippen LogP contribution in [0.2, 0.25) is 0 Å². The Hall–Kier alpha value is -1.88. The molecule has 0 atom stereocenters. The fourth-order valence-electron chi connectivity index (χ4n) is 2.48. The summed E-state index contributed by atoms with van der Waals surface area (Å²) in [5, 5.41) is 11.3. The van der Waals surface area contributed by atoms with Gasteiger partial charge < -0.3 is 10.0 Å². The molecule has 0 aromatic carbocycles. The van der Waals surface area contributed by atoms with Gasteiger partial charge in [0.05, 0.1) is 5.56 Å². The molecule has 0 aliphatic carbocycles. The highest BCUT2D eigenvalue weighted by molar-refractivity contribution is 7.10. The molecule has 0 saturated carbocycles. The van der Waals surface area contributed by atoms with Gasteiger partial charge in [-0.1, -0.05) is 6.92 Å². The molecule has 1 aliphatic rings. The Labute approximate surface area is 121 Å². The van der Waals surface area contributed by atoms with E-state index in [1.807, 2.05) is 6.92 Å². The smallest absolute Gasteiger partial charge is 0.335 e. The van der Waals surface area contributed by atoms with Crippen molar-refractivity contribution >= 4 is 23.1 Å². The second kappa shape index (κ2) is 5.25. The summed E-state index contributed by atoms with van der Waals surface area (Å²) in [6.45, 7) is 3.70. The molecule has 104 valence electrons. The molecule has 0 saturated heterocycles. The normalized spacial score (nSPS) is 14.2. The van der Waals surface area contributed by atoms with Crippen molar-refractivity contribution in [2.45, 2.75) is 26.3 Å². The predicted molar refractivity (Wildman–Crippen MR) is 79.6 cm³/mol. The third-order valence-electron chi connectivity index (χ3n) is 3.61. The lowest BCUT2D eigenvalue weighted by Crippen LogP contribution is -2.30. The van der Waals surface area contributed by atoms with Crippen LogP contribution in [0, 0.1) is 0 Å². The summed E-state index contributed by atoms with van der Waals surface area (Å²) in [6.07, 6.45) is 1.75. The molecule has 0 radical (unpaired) electrons. The number of aromatic nitrogens is 1. The highest BCUT2D eigenvalue weighted by atomic mass is 32.1. The van der Waals surface area contributed by atoms with Crippen LogP contribution in [0.5, 0.6) is 0 Å². The van der Waals surface area contributed by atoms with E-state index in [1.54, 1.807) is 23.5 Å². The molecule has 1 N–H and O–H groups in total. The minimum atomic E-state index is -0.892. The Bertz CT molecular complexity index is 651. The Morgan fingerprint density at radius 1 is 1.50 bits per heavy atom. The van der Waals surface area contributed by atoms with Crippen LogP contribution < -0.4 is 4.90 Å². The zero-order valence-corrected chi connectivity index (χ0v) is 12.1. The first-order valence-corrected chi connectivity index (χ1v) is 7.59. The van der Waals surface area contributed by atoms with Crippen LogP contribution in [0.1, 0.15) is 33.4 Å². The first kappa shape index (κ1) is 13.1. The highest BCUT2D eigenvalue weighted by Crippen LogP contribution is 2.27. The van der Waals surface area contributed by atoms with Crippen LogP contribution in [-0.4, -0.2) is 22.6 Å². The molecule has 3 rings (SSSR count). The molecule has 5 heteroatoms. The standard InChI is InChI=1S/C15H16N2O2S/c1-2-12-7-11(15(18)19)8-14(16-12)17-5-3-13-10(9-17)4-6-20-13/h4,6-8H,2-3,5,9H2,1H3,(H,18,19). The van der Waals surface area contributed by atoms with Crippen molar-refractivity contribution in [1.29, 1.82) is 0 Å². The molecule has 0 fully saturated rings. The van der Waals surface area contributed by atoms with Gasteiger partial charge in [-0.15, -0.1) is 11.3 Å². The molecule has 2 aromatic heterocycles. The van der Waals surface area contributed by atoms with E-state index in [2.05, 4.69) is 21.3 Å². The maximum absolute atomic E-state index is 11.2. The van der Waals surface area contributed by atoms with Crippen molar-refractivity contribution in [2.24, 2.45) is 0 Å². The number of fused-ring (bicyclic) bond motifs is 1. The van der Waals surface area contributed by atoms with E-state index >= 15 is 0 Å². The van der Waals surface area contributed by atoms with Crippen LogP contribution in [0.25, 0.3) is 0 Å². The van der Waals surface area contributed by atoms with Gasteiger partial charge in [0.25, 0.3) is 0 Å². The number of thiophene rings is 1. The van der Waals surface area contributed by atoms with Gasteiger partial charge in [0.15, 0.2) is 0 Å². The molecule has 0 bridgehead atoms. The molecule has 2 aromatic rings. The fraction of sp³-hybridized carbons (Fsp3) is 0.333. The summed E-state index contributed by atoms with van der Waals surface area (Å²) in [4.78, 5) is 19.4. The average molecular weight is 288 g/mol. The largest absolute Gasteiger partial charge is 0.478 e. The average Bonchev–Trinajstić information content (AvgIpc) is 2.94. The van der Waals surface area contributed by atoms with Gasteiger partial charge in [0, 0.05) is 23.7 Å². The number of rotatable bonds is 3. The van der Waals surface area contributed by atoms with Crippen molar-refractivity contribution < 1.29 is 9.90 Å². The number of carboxylic acids is 1. The number of hydrogen-bond donors (Lipinski definition) is 1. The molecule has 0 spiro atoms. The molecule has 3 heterocycles. The third kappa shape index (κ3) is 2.41. The first-order valence-electron chi connectivity index (χ1n) is 6.72. The van der Waals surface area contributed by atoms with Crippen molar-refractivity contribution in [3.8, 4) is 0 Å². The molecule has 0 amide bonds. The van der Waals surface area contributed by atoms with E-state index in [0.717, 1.165) is 37.4 Å². The summed E-state index contributed by atoms with van der Waals surface area (Å²) in [5.74, 6) is -0.116. The van der Waals surface area contributed by atoms with Gasteiger partial charge in [-0.25, -0.2) is 9.78 Å². The minimum absolute atomic E-state index is 0.322. The topological polar surface area (TPSA) is 53.4 Å². The van der Waals surface area contributed by atoms with E-state index in [-0.39, 0.29) is 0 Å². The van der Waals surface area contributed by atoms with Crippen LogP contribution in [-0.2, 0) is 19.4 Å². The molecule has 1 aliphatic heterocycles. The van der Waals surface area contributed by atoms with E-state index in [9.17, 15) is 9.90 Å². The zero-order chi connectivity index (χ0) is 14.1. The zero-order valence-electron chi connectivity index (χ0n) is 11.3. The Morgan fingerprint density at radius 2 is 2.35 bits per heavy atom. The summed E-state index contributed by atoms with van der Waals surface area (Å²) in [7, 11) is 0. The highest BCUT2D eigenvalue weighted by Gasteiger charge is 2.20. The Balaban J connectivity index is 1.94. The Morgan fingerprint density at radius 3 is 3.10 bits per heavy atom. The van der Waals surface area contributed by atoms with E-state index in [1.165, 1.54) is 10.4 Å². The fourth-order valence-corrected chi connectivity index (χ4v) is 3.37. The lowest BCUT2D eigenvalue weighted by atomic mass is 10.1. The number of aromatic carboxylic acids is 1. The maximum Gasteiger partial charge on any atom is 0.335 e. The Kier molecular flexibility index (Phi) is 3.44. The van der Waals surface area contributed by atoms with Crippen LogP contribution >= 0.6 is 11.3 Å². The molecular weight excluding hydrogens is 272 g/mol. The van der Waals surface area contributed by atoms with E-state index < -0.39 is 5.97 Å². The van der Waals surface area contributed by atoms with Crippen molar-refractivity contribution in [2.75, 3.05) is 11.4 Å². The molecule has 0 unspecified atom stereocenters. The summed E-state index contributed by atoms with van der Waals surface area (Å²) in [5.41, 5.74) is 2.49. The molecule has 20 heavy (non-hydrogen) atoms. The van der Waals surface area contributed by atoms with Crippen molar-refractivity contribution in [3.05, 3.63) is 45.3 Å². The molecule has 4 nitrogen and oxygen atoms in total. The number of aryl methyl sites for hydroxylation is 1. The van der Waals surface area contributed by atoms with Crippen molar-refractivity contribution in [1.82, 2.24) is 4.98 Å². The summed E-state index contributed by atoms with van der Waals surface area (Å²) in [6, 6.07) is 5.48. The lowest BCUT2D eigenvalue weighted by Gasteiger charge is -2.28. The van der Waals surface area contributed by atoms with Crippen LogP contribution in [0.4, 0.5) is 5.82 Å². The summed E-state index contributed by atoms with van der Waals surface area (Å²) < 4.78 is 0. The monoisotopic (exact) mass is 288 g/mol. The van der Waals surface area contributed by atoms with Gasteiger partial charge >= 0.3 is 5.97 Å². The number of hydrogen-bond acceptors (Lipinski definition) is 4. The van der Waals surface area contributed by atoms with Gasteiger partial charge in [0.2, 0.25) is 0 Å². The number of anilines is 1. The number of nitrogens with zero attached hydrogens (tertiary/aromatic N) is 2. The van der Waals surface area contributed by atoms with Gasteiger partial charge in [0.1, 0.15) is 5.82 Å². The second-order valence-corrected chi connectivity index (χ2v) is 5.91. The second-order valence-electron chi connectivity index (χ2n) is 4.90. The quantitative estimate of drug-likeness (QED) is 0.943. The number of carbonyl (C=O) groups is 1. The van der Waals surface area contributed by atoms with Gasteiger partial charge in [-0.2, -0.15) is 0 Å². The first-order chi connectivity index (χ1) is 9.67. The van der Waals surface area contributed by atoms with Crippen LogP contribution in [0.3, 0.4) is 0 Å². The summed E-state index contributed by atoms with van der Waals surface area (Å²) >= 11 is 1.80. The molecular formula is C15H16N2O2S. The van der Waals surface area contributed by atoms with E-state index in [0.29, 0.717) is 5.56 Å². The SMILES string of the molecule is CCc1cc(C(=O)O)cc(N2CCc3sccc3C2)n1. The maximum atomic E-state index is 11.2. The van der Waals surface area contributed by atoms with Crippen molar-refractivity contribution in [3.63, 3.8) is 0 Å². The number of carboxylic acid groups (broad SMARTS) is 1. The van der Waals surface area contributed by atoms with E-state index in [4.69, 9.17) is 0 Å². The van der Waals surface area contributed by atoms with Gasteiger partial charge in [-0.05, 0) is 42.0 Å². The lowest BCUT2D eigenvalue weighted by molar-refractivity contribution is 0.0696. The predicted octanol–water partition coefficient (Wildman–Crippen LogP) is 2.97. The minimum Gasteiger partial charge on any atom is -0.478 e. The third-order valence-corrected chi connectivity index (χ3v) is 4.63.